The first-order valence-corrected chi connectivity index (χ1v) is 9.35. The maximum absolute atomic E-state index is 11.7. The molecule has 20 heavy (non-hydrogen) atoms. The minimum Gasteiger partial charge on any atom is -0.338 e. The molecule has 2 rings (SSSR count). The predicted octanol–water partition coefficient (Wildman–Crippen LogP) is 1.73. The van der Waals surface area contributed by atoms with E-state index in [1.54, 1.807) is 11.3 Å². The molecule has 1 aromatic rings. The van der Waals surface area contributed by atoms with Crippen LogP contribution in [0.5, 0.6) is 0 Å². The molecule has 0 aromatic carbocycles. The van der Waals surface area contributed by atoms with Crippen LogP contribution in [-0.2, 0) is 9.84 Å². The Morgan fingerprint density at radius 3 is 2.90 bits per heavy atom. The predicted molar refractivity (Wildman–Crippen MR) is 80.9 cm³/mol. The fourth-order valence-electron chi connectivity index (χ4n) is 2.27. The molecule has 1 fully saturated rings. The molecule has 0 unspecified atom stereocenters. The molecule has 2 atom stereocenters. The maximum atomic E-state index is 11.7. The van der Waals surface area contributed by atoms with Crippen LogP contribution in [0.4, 0.5) is 4.79 Å². The van der Waals surface area contributed by atoms with Crippen molar-refractivity contribution in [3.63, 3.8) is 0 Å². The van der Waals surface area contributed by atoms with Gasteiger partial charge in [-0.1, -0.05) is 13.0 Å². The van der Waals surface area contributed by atoms with Gasteiger partial charge in [-0.2, -0.15) is 0 Å². The van der Waals surface area contributed by atoms with Crippen molar-refractivity contribution in [3.05, 3.63) is 22.4 Å². The van der Waals surface area contributed by atoms with Gasteiger partial charge in [0.1, 0.15) is 0 Å². The van der Waals surface area contributed by atoms with Gasteiger partial charge < -0.3 is 10.6 Å². The summed E-state index contributed by atoms with van der Waals surface area (Å²) in [7, 11) is -2.99. The standard InChI is InChI=1S/C13H20N2O3S2/c1-10(12-5-2-6-19-12)8-14-13(16)15-9-11-4-3-7-20(11,17)18/h2,5-6,10-11H,3-4,7-9H2,1H3,(H2,14,15,16)/t10-,11+/m0/s1. The van der Waals surface area contributed by atoms with Gasteiger partial charge >= 0.3 is 6.03 Å². The molecule has 5 nitrogen and oxygen atoms in total. The normalized spacial score (nSPS) is 22.4. The fourth-order valence-corrected chi connectivity index (χ4v) is 4.83. The third kappa shape index (κ3) is 3.96. The molecule has 0 aliphatic carbocycles. The highest BCUT2D eigenvalue weighted by Gasteiger charge is 2.31. The van der Waals surface area contributed by atoms with Gasteiger partial charge in [-0.15, -0.1) is 11.3 Å². The molecule has 1 aliphatic heterocycles. The molecular weight excluding hydrogens is 296 g/mol. The van der Waals surface area contributed by atoms with E-state index in [2.05, 4.69) is 10.6 Å². The number of sulfone groups is 1. The number of hydrogen-bond donors (Lipinski definition) is 2. The molecular formula is C13H20N2O3S2. The van der Waals surface area contributed by atoms with E-state index in [-0.39, 0.29) is 24.2 Å². The van der Waals surface area contributed by atoms with Crippen LogP contribution in [0.15, 0.2) is 17.5 Å². The lowest BCUT2D eigenvalue weighted by Crippen LogP contribution is -2.42. The largest absolute Gasteiger partial charge is 0.338 e. The second kappa shape index (κ2) is 6.58. The Kier molecular flexibility index (Phi) is 5.04. The average molecular weight is 316 g/mol. The number of nitrogens with one attached hydrogen (secondary N) is 2. The molecule has 1 aliphatic rings. The van der Waals surface area contributed by atoms with Crippen LogP contribution >= 0.6 is 11.3 Å². The van der Waals surface area contributed by atoms with Crippen LogP contribution < -0.4 is 10.6 Å². The number of rotatable bonds is 5. The lowest BCUT2D eigenvalue weighted by atomic mass is 10.1. The summed E-state index contributed by atoms with van der Waals surface area (Å²) in [5.41, 5.74) is 0. The minimum absolute atomic E-state index is 0.210. The van der Waals surface area contributed by atoms with E-state index < -0.39 is 15.1 Å². The van der Waals surface area contributed by atoms with Crippen molar-refractivity contribution in [1.82, 2.24) is 10.6 Å². The van der Waals surface area contributed by atoms with Crippen molar-refractivity contribution in [3.8, 4) is 0 Å². The Labute approximate surface area is 123 Å². The number of carbonyl (C=O) groups excluding carboxylic acids is 1. The lowest BCUT2D eigenvalue weighted by Gasteiger charge is -2.14. The van der Waals surface area contributed by atoms with Crippen LogP contribution in [0.2, 0.25) is 0 Å². The van der Waals surface area contributed by atoms with Crippen molar-refractivity contribution >= 4 is 27.2 Å². The molecule has 2 heterocycles. The highest BCUT2D eigenvalue weighted by atomic mass is 32.2. The van der Waals surface area contributed by atoms with E-state index in [0.717, 1.165) is 0 Å². The van der Waals surface area contributed by atoms with Gasteiger partial charge in [0.05, 0.1) is 11.0 Å². The monoisotopic (exact) mass is 316 g/mol. The number of urea groups is 1. The summed E-state index contributed by atoms with van der Waals surface area (Å²) in [5.74, 6) is 0.507. The van der Waals surface area contributed by atoms with Crippen molar-refractivity contribution in [2.24, 2.45) is 0 Å². The first-order valence-electron chi connectivity index (χ1n) is 6.75. The van der Waals surface area contributed by atoms with Crippen LogP contribution in [0.3, 0.4) is 0 Å². The molecule has 2 N–H and O–H groups in total. The second-order valence-electron chi connectivity index (χ2n) is 5.14. The van der Waals surface area contributed by atoms with Gasteiger partial charge in [-0.3, -0.25) is 0 Å². The smallest absolute Gasteiger partial charge is 0.314 e. The highest BCUT2D eigenvalue weighted by Crippen LogP contribution is 2.20. The SMILES string of the molecule is C[C@@H](CNC(=O)NC[C@H]1CCCS1(=O)=O)c1cccs1. The van der Waals surface area contributed by atoms with Gasteiger partial charge in [0.15, 0.2) is 9.84 Å². The zero-order chi connectivity index (χ0) is 14.6. The van der Waals surface area contributed by atoms with E-state index in [9.17, 15) is 13.2 Å². The summed E-state index contributed by atoms with van der Waals surface area (Å²) in [6.07, 6.45) is 1.35. The second-order valence-corrected chi connectivity index (χ2v) is 8.52. The van der Waals surface area contributed by atoms with Crippen molar-refractivity contribution in [2.75, 3.05) is 18.8 Å². The molecule has 0 radical (unpaired) electrons. The van der Waals surface area contributed by atoms with Gasteiger partial charge in [-0.05, 0) is 24.3 Å². The summed E-state index contributed by atoms with van der Waals surface area (Å²) in [6, 6.07) is 3.73. The summed E-state index contributed by atoms with van der Waals surface area (Å²) in [6.45, 7) is 2.80. The van der Waals surface area contributed by atoms with Crippen LogP contribution in [-0.4, -0.2) is 38.5 Å². The van der Waals surface area contributed by atoms with Crippen LogP contribution in [0.1, 0.15) is 30.6 Å². The quantitative estimate of drug-likeness (QED) is 0.868. The molecule has 7 heteroatoms. The number of thiophene rings is 1. The number of hydrogen-bond acceptors (Lipinski definition) is 4. The lowest BCUT2D eigenvalue weighted by molar-refractivity contribution is 0.240. The molecule has 0 bridgehead atoms. The van der Waals surface area contributed by atoms with Gasteiger partial charge in [0.25, 0.3) is 0 Å². The third-order valence-electron chi connectivity index (χ3n) is 3.55. The Morgan fingerprint density at radius 1 is 1.50 bits per heavy atom. The van der Waals surface area contributed by atoms with Gasteiger partial charge in [0, 0.05) is 23.9 Å². The van der Waals surface area contributed by atoms with Crippen LogP contribution in [0.25, 0.3) is 0 Å². The highest BCUT2D eigenvalue weighted by molar-refractivity contribution is 7.92. The molecule has 1 aromatic heterocycles. The molecule has 0 spiro atoms. The van der Waals surface area contributed by atoms with E-state index in [1.807, 2.05) is 24.4 Å². The fraction of sp³-hybridized carbons (Fsp3) is 0.615. The van der Waals surface area contributed by atoms with Gasteiger partial charge in [-0.25, -0.2) is 13.2 Å². The Balaban J connectivity index is 1.71. The van der Waals surface area contributed by atoms with E-state index in [1.165, 1.54) is 4.88 Å². The zero-order valence-corrected chi connectivity index (χ0v) is 13.1. The number of carbonyl (C=O) groups is 1. The van der Waals surface area contributed by atoms with E-state index in [4.69, 9.17) is 0 Å². The topological polar surface area (TPSA) is 75.3 Å². The minimum atomic E-state index is -2.99. The Hall–Kier alpha value is -1.08. The Bertz CT molecular complexity index is 540. The maximum Gasteiger partial charge on any atom is 0.314 e. The Morgan fingerprint density at radius 2 is 2.30 bits per heavy atom. The summed E-state index contributed by atoms with van der Waals surface area (Å²) in [4.78, 5) is 12.9. The van der Waals surface area contributed by atoms with Crippen LogP contribution in [0, 0.1) is 0 Å². The first-order chi connectivity index (χ1) is 9.49. The van der Waals surface area contributed by atoms with Gasteiger partial charge in [0.2, 0.25) is 0 Å². The van der Waals surface area contributed by atoms with E-state index in [0.29, 0.717) is 19.4 Å². The first kappa shape index (κ1) is 15.3. The van der Waals surface area contributed by atoms with Crippen molar-refractivity contribution in [2.45, 2.75) is 30.9 Å². The number of amides is 2. The molecule has 0 saturated carbocycles. The summed E-state index contributed by atoms with van der Waals surface area (Å²) in [5, 5.41) is 7.04. The summed E-state index contributed by atoms with van der Waals surface area (Å²) < 4.78 is 23.3. The van der Waals surface area contributed by atoms with E-state index >= 15 is 0 Å². The molecule has 1 saturated heterocycles. The zero-order valence-electron chi connectivity index (χ0n) is 11.5. The summed E-state index contributed by atoms with van der Waals surface area (Å²) >= 11 is 1.67. The molecule has 112 valence electrons. The third-order valence-corrected chi connectivity index (χ3v) is 6.93. The van der Waals surface area contributed by atoms with Crippen molar-refractivity contribution in [1.29, 1.82) is 0 Å². The van der Waals surface area contributed by atoms with Crippen molar-refractivity contribution < 1.29 is 13.2 Å². The molecule has 2 amide bonds. The average Bonchev–Trinajstić information content (AvgIpc) is 3.03.